The van der Waals surface area contributed by atoms with Crippen LogP contribution >= 0.6 is 0 Å². The number of nitrogens with zero attached hydrogens (tertiary/aromatic N) is 3. The van der Waals surface area contributed by atoms with Crippen LogP contribution in [0.2, 0.25) is 0 Å². The fourth-order valence-electron chi connectivity index (χ4n) is 3.65. The summed E-state index contributed by atoms with van der Waals surface area (Å²) in [4.78, 5) is 19.2. The lowest BCUT2D eigenvalue weighted by Gasteiger charge is -2.25. The van der Waals surface area contributed by atoms with E-state index in [9.17, 15) is 13.6 Å². The molecule has 1 amide bonds. The molecule has 156 valence electrons. The van der Waals surface area contributed by atoms with E-state index in [2.05, 4.69) is 4.98 Å². The van der Waals surface area contributed by atoms with Gasteiger partial charge in [0.25, 0.3) is 5.91 Å². The summed E-state index contributed by atoms with van der Waals surface area (Å²) in [6.07, 6.45) is 5.32. The number of halogens is 2. The molecule has 1 aliphatic rings. The highest BCUT2D eigenvalue weighted by atomic mass is 19.1. The van der Waals surface area contributed by atoms with Crippen LogP contribution in [0.3, 0.4) is 0 Å². The van der Waals surface area contributed by atoms with Gasteiger partial charge in [-0.2, -0.15) is 0 Å². The van der Waals surface area contributed by atoms with Crippen molar-refractivity contribution in [2.75, 3.05) is 13.2 Å². The zero-order chi connectivity index (χ0) is 20.9. The van der Waals surface area contributed by atoms with Crippen LogP contribution in [0.15, 0.2) is 60.9 Å². The van der Waals surface area contributed by atoms with Crippen molar-refractivity contribution in [2.24, 2.45) is 0 Å². The zero-order valence-corrected chi connectivity index (χ0v) is 16.5. The lowest BCUT2D eigenvalue weighted by atomic mass is 10.1. The van der Waals surface area contributed by atoms with Crippen LogP contribution in [0.25, 0.3) is 0 Å². The fourth-order valence-corrected chi connectivity index (χ4v) is 3.65. The van der Waals surface area contributed by atoms with Crippen molar-refractivity contribution in [3.8, 4) is 0 Å². The average Bonchev–Trinajstić information content (AvgIpc) is 3.41. The smallest absolute Gasteiger partial charge is 0.254 e. The maximum Gasteiger partial charge on any atom is 0.254 e. The van der Waals surface area contributed by atoms with E-state index >= 15 is 0 Å². The maximum atomic E-state index is 13.7. The van der Waals surface area contributed by atoms with Crippen molar-refractivity contribution in [1.29, 1.82) is 0 Å². The Morgan fingerprint density at radius 3 is 2.73 bits per heavy atom. The second-order valence-corrected chi connectivity index (χ2v) is 7.43. The van der Waals surface area contributed by atoms with Crippen LogP contribution in [0, 0.1) is 11.6 Å². The van der Waals surface area contributed by atoms with Gasteiger partial charge in [0, 0.05) is 37.7 Å². The SMILES string of the molecule is O=C(c1cccc(F)c1)N(Cc1nccn1Cc1ccc(F)cc1)C[C@H]1CCCO1. The summed E-state index contributed by atoms with van der Waals surface area (Å²) in [6, 6.07) is 12.0. The molecule has 0 spiro atoms. The lowest BCUT2D eigenvalue weighted by molar-refractivity contribution is 0.0498. The van der Waals surface area contributed by atoms with Crippen molar-refractivity contribution in [1.82, 2.24) is 14.5 Å². The van der Waals surface area contributed by atoms with E-state index in [0.717, 1.165) is 18.4 Å². The van der Waals surface area contributed by atoms with Gasteiger partial charge in [0.15, 0.2) is 0 Å². The Bertz CT molecular complexity index is 998. The quantitative estimate of drug-likeness (QED) is 0.590. The number of imidazole rings is 1. The lowest BCUT2D eigenvalue weighted by Crippen LogP contribution is -2.37. The molecule has 7 heteroatoms. The van der Waals surface area contributed by atoms with Gasteiger partial charge < -0.3 is 14.2 Å². The van der Waals surface area contributed by atoms with E-state index in [1.807, 2.05) is 10.8 Å². The third kappa shape index (κ3) is 4.91. The Hall–Kier alpha value is -3.06. The van der Waals surface area contributed by atoms with Crippen LogP contribution in [0.5, 0.6) is 0 Å². The van der Waals surface area contributed by atoms with Gasteiger partial charge in [-0.15, -0.1) is 0 Å². The van der Waals surface area contributed by atoms with Gasteiger partial charge in [-0.25, -0.2) is 13.8 Å². The molecule has 1 aromatic heterocycles. The third-order valence-electron chi connectivity index (χ3n) is 5.21. The molecular formula is C23H23F2N3O2. The summed E-state index contributed by atoms with van der Waals surface area (Å²) in [5, 5.41) is 0. The maximum absolute atomic E-state index is 13.7. The molecule has 2 aromatic carbocycles. The molecule has 0 aliphatic carbocycles. The van der Waals surface area contributed by atoms with Crippen LogP contribution in [-0.4, -0.2) is 39.6 Å². The first kappa shape index (κ1) is 20.2. The van der Waals surface area contributed by atoms with Gasteiger partial charge in [-0.1, -0.05) is 18.2 Å². The Kier molecular flexibility index (Phi) is 6.18. The molecular weight excluding hydrogens is 388 g/mol. The van der Waals surface area contributed by atoms with Gasteiger partial charge in [-0.3, -0.25) is 4.79 Å². The van der Waals surface area contributed by atoms with Gasteiger partial charge in [0.1, 0.15) is 17.5 Å². The first-order valence-electron chi connectivity index (χ1n) is 9.99. The number of hydrogen-bond acceptors (Lipinski definition) is 3. The van der Waals surface area contributed by atoms with Gasteiger partial charge in [-0.05, 0) is 48.7 Å². The first-order valence-corrected chi connectivity index (χ1v) is 9.99. The Labute approximate surface area is 173 Å². The summed E-state index contributed by atoms with van der Waals surface area (Å²) in [5.74, 6) is -0.299. The Morgan fingerprint density at radius 2 is 2.00 bits per heavy atom. The fraction of sp³-hybridized carbons (Fsp3) is 0.304. The molecule has 1 fully saturated rings. The average molecular weight is 411 g/mol. The van der Waals surface area contributed by atoms with E-state index in [0.29, 0.717) is 31.1 Å². The molecule has 1 atom stereocenters. The van der Waals surface area contributed by atoms with E-state index in [4.69, 9.17) is 4.74 Å². The molecule has 3 aromatic rings. The number of ether oxygens (including phenoxy) is 1. The minimum atomic E-state index is -0.448. The largest absolute Gasteiger partial charge is 0.376 e. The number of aromatic nitrogens is 2. The molecule has 0 saturated carbocycles. The number of rotatable bonds is 7. The highest BCUT2D eigenvalue weighted by molar-refractivity contribution is 5.94. The van der Waals surface area contributed by atoms with Gasteiger partial charge in [0.05, 0.1) is 12.6 Å². The molecule has 4 rings (SSSR count). The standard InChI is InChI=1S/C23H23F2N3O2/c24-19-8-6-17(7-9-19)14-27-11-10-26-22(27)16-28(15-21-5-2-12-30-21)23(29)18-3-1-4-20(25)13-18/h1,3-4,6-11,13,21H,2,5,12,14-16H2/t21-/m1/s1. The van der Waals surface area contributed by atoms with Crippen LogP contribution in [0.4, 0.5) is 8.78 Å². The predicted octanol–water partition coefficient (Wildman–Crippen LogP) is 4.03. The number of hydrogen-bond donors (Lipinski definition) is 0. The summed E-state index contributed by atoms with van der Waals surface area (Å²) < 4.78 is 34.5. The number of amides is 1. The molecule has 5 nitrogen and oxygen atoms in total. The predicted molar refractivity (Wildman–Crippen MR) is 108 cm³/mol. The van der Waals surface area contributed by atoms with Gasteiger partial charge in [0.2, 0.25) is 0 Å². The summed E-state index contributed by atoms with van der Waals surface area (Å²) in [5.41, 5.74) is 1.22. The number of carbonyl (C=O) groups excluding carboxylic acids is 1. The normalized spacial score (nSPS) is 16.0. The monoisotopic (exact) mass is 411 g/mol. The number of benzene rings is 2. The highest BCUT2D eigenvalue weighted by Gasteiger charge is 2.25. The number of carbonyl (C=O) groups is 1. The van der Waals surface area contributed by atoms with E-state index in [-0.39, 0.29) is 24.4 Å². The molecule has 0 bridgehead atoms. The molecule has 0 N–H and O–H groups in total. The first-order chi connectivity index (χ1) is 14.6. The molecule has 1 saturated heterocycles. The van der Waals surface area contributed by atoms with Crippen molar-refractivity contribution >= 4 is 5.91 Å². The Balaban J connectivity index is 1.55. The Morgan fingerprint density at radius 1 is 1.17 bits per heavy atom. The molecule has 1 aliphatic heterocycles. The van der Waals surface area contributed by atoms with Crippen molar-refractivity contribution in [3.05, 3.63) is 89.5 Å². The van der Waals surface area contributed by atoms with Crippen molar-refractivity contribution < 1.29 is 18.3 Å². The minimum Gasteiger partial charge on any atom is -0.376 e. The second-order valence-electron chi connectivity index (χ2n) is 7.43. The van der Waals surface area contributed by atoms with E-state index < -0.39 is 5.82 Å². The topological polar surface area (TPSA) is 47.4 Å². The molecule has 0 unspecified atom stereocenters. The molecule has 0 radical (unpaired) electrons. The highest BCUT2D eigenvalue weighted by Crippen LogP contribution is 2.18. The van der Waals surface area contributed by atoms with Crippen LogP contribution in [-0.2, 0) is 17.8 Å². The molecule has 2 heterocycles. The van der Waals surface area contributed by atoms with Crippen molar-refractivity contribution in [3.63, 3.8) is 0 Å². The van der Waals surface area contributed by atoms with Crippen molar-refractivity contribution in [2.45, 2.75) is 32.0 Å². The summed E-state index contributed by atoms with van der Waals surface area (Å²) >= 11 is 0. The van der Waals surface area contributed by atoms with E-state index in [1.54, 1.807) is 29.3 Å². The van der Waals surface area contributed by atoms with E-state index in [1.165, 1.54) is 30.3 Å². The molecule has 30 heavy (non-hydrogen) atoms. The van der Waals surface area contributed by atoms with Gasteiger partial charge >= 0.3 is 0 Å². The summed E-state index contributed by atoms with van der Waals surface area (Å²) in [6.45, 7) is 1.88. The third-order valence-corrected chi connectivity index (χ3v) is 5.21. The minimum absolute atomic E-state index is 0.0389. The van der Waals surface area contributed by atoms with Crippen LogP contribution < -0.4 is 0 Å². The van der Waals surface area contributed by atoms with Crippen LogP contribution in [0.1, 0.15) is 34.6 Å². The second kappa shape index (κ2) is 9.17. The summed E-state index contributed by atoms with van der Waals surface area (Å²) in [7, 11) is 0. The zero-order valence-electron chi connectivity index (χ0n) is 16.5.